The number of ether oxygens (including phenoxy) is 1. The van der Waals surface area contributed by atoms with E-state index in [2.05, 4.69) is 30.1 Å². The monoisotopic (exact) mass is 387 g/mol. The SMILES string of the molecule is Cc1cc(N2CCN(c3nc(C4CC4)ns3)CC2)nc(N2CCOCC2)n1. The molecule has 3 aliphatic rings. The first-order valence-corrected chi connectivity index (χ1v) is 10.6. The van der Waals surface area contributed by atoms with E-state index in [4.69, 9.17) is 14.7 Å². The molecule has 2 saturated heterocycles. The Labute approximate surface area is 163 Å². The van der Waals surface area contributed by atoms with E-state index < -0.39 is 0 Å². The summed E-state index contributed by atoms with van der Waals surface area (Å²) in [4.78, 5) is 21.2. The van der Waals surface area contributed by atoms with Crippen molar-refractivity contribution in [1.29, 1.82) is 0 Å². The van der Waals surface area contributed by atoms with Gasteiger partial charge in [0.25, 0.3) is 0 Å². The first-order valence-electron chi connectivity index (χ1n) is 9.78. The van der Waals surface area contributed by atoms with Crippen molar-refractivity contribution in [3.63, 3.8) is 0 Å². The smallest absolute Gasteiger partial charge is 0.227 e. The van der Waals surface area contributed by atoms with Crippen LogP contribution in [-0.4, -0.2) is 71.8 Å². The number of aryl methyl sites for hydroxylation is 1. The molecule has 1 saturated carbocycles. The van der Waals surface area contributed by atoms with Gasteiger partial charge in [0.05, 0.1) is 13.2 Å². The first kappa shape index (κ1) is 17.1. The molecule has 5 rings (SSSR count). The number of morpholine rings is 1. The van der Waals surface area contributed by atoms with Crippen LogP contribution in [0.3, 0.4) is 0 Å². The second kappa shape index (κ2) is 7.20. The zero-order chi connectivity index (χ0) is 18.2. The number of aromatic nitrogens is 4. The van der Waals surface area contributed by atoms with Gasteiger partial charge in [-0.15, -0.1) is 0 Å². The third kappa shape index (κ3) is 3.70. The molecule has 0 radical (unpaired) electrons. The highest BCUT2D eigenvalue weighted by atomic mass is 32.1. The molecular formula is C18H25N7OS. The standard InChI is InChI=1S/C18H25N7OS/c1-13-12-15(20-17(19-13)24-8-10-26-11-9-24)23-4-6-25(7-5-23)18-21-16(22-27-18)14-2-3-14/h12,14H,2-11H2,1H3. The number of hydrogen-bond donors (Lipinski definition) is 0. The third-order valence-corrected chi connectivity index (χ3v) is 6.16. The molecule has 2 aromatic rings. The maximum absolute atomic E-state index is 5.45. The zero-order valence-electron chi connectivity index (χ0n) is 15.7. The molecule has 0 amide bonds. The van der Waals surface area contributed by atoms with Crippen molar-refractivity contribution in [3.8, 4) is 0 Å². The van der Waals surface area contributed by atoms with Crippen LogP contribution in [-0.2, 0) is 4.74 Å². The fourth-order valence-corrected chi connectivity index (χ4v) is 4.39. The topological polar surface area (TPSA) is 70.5 Å². The van der Waals surface area contributed by atoms with Crippen LogP contribution in [0.15, 0.2) is 6.07 Å². The second-order valence-electron chi connectivity index (χ2n) is 7.45. The zero-order valence-corrected chi connectivity index (χ0v) is 16.5. The van der Waals surface area contributed by atoms with Crippen molar-refractivity contribution in [2.45, 2.75) is 25.7 Å². The van der Waals surface area contributed by atoms with Gasteiger partial charge in [0, 0.05) is 68.5 Å². The summed E-state index contributed by atoms with van der Waals surface area (Å²) >= 11 is 1.55. The Kier molecular flexibility index (Phi) is 4.56. The average Bonchev–Trinajstić information content (AvgIpc) is 3.45. The molecule has 1 aliphatic carbocycles. The number of piperazine rings is 1. The molecule has 0 aromatic carbocycles. The summed E-state index contributed by atoms with van der Waals surface area (Å²) < 4.78 is 9.99. The largest absolute Gasteiger partial charge is 0.378 e. The maximum atomic E-state index is 5.45. The quantitative estimate of drug-likeness (QED) is 0.785. The van der Waals surface area contributed by atoms with Gasteiger partial charge in [-0.25, -0.2) is 9.97 Å². The number of rotatable bonds is 4. The van der Waals surface area contributed by atoms with Crippen LogP contribution in [0, 0.1) is 6.92 Å². The lowest BCUT2D eigenvalue weighted by atomic mass is 10.3. The molecule has 4 heterocycles. The molecule has 3 fully saturated rings. The summed E-state index contributed by atoms with van der Waals surface area (Å²) in [5.74, 6) is 3.53. The molecule has 2 aromatic heterocycles. The highest BCUT2D eigenvalue weighted by Gasteiger charge is 2.29. The fraction of sp³-hybridized carbons (Fsp3) is 0.667. The van der Waals surface area contributed by atoms with E-state index in [1.54, 1.807) is 11.5 Å². The summed E-state index contributed by atoms with van der Waals surface area (Å²) in [6.45, 7) is 9.05. The van der Waals surface area contributed by atoms with Crippen LogP contribution in [0.1, 0.15) is 30.3 Å². The van der Waals surface area contributed by atoms with Crippen LogP contribution in [0.5, 0.6) is 0 Å². The summed E-state index contributed by atoms with van der Waals surface area (Å²) in [5, 5.41) is 1.07. The molecule has 144 valence electrons. The molecular weight excluding hydrogens is 362 g/mol. The Balaban J connectivity index is 1.26. The fourth-order valence-electron chi connectivity index (χ4n) is 3.59. The van der Waals surface area contributed by atoms with Crippen molar-refractivity contribution >= 4 is 28.4 Å². The van der Waals surface area contributed by atoms with Gasteiger partial charge >= 0.3 is 0 Å². The van der Waals surface area contributed by atoms with Gasteiger partial charge in [0.2, 0.25) is 11.1 Å². The van der Waals surface area contributed by atoms with Crippen LogP contribution in [0.2, 0.25) is 0 Å². The highest BCUT2D eigenvalue weighted by Crippen LogP contribution is 2.39. The number of anilines is 3. The van der Waals surface area contributed by atoms with Crippen molar-refractivity contribution in [2.75, 3.05) is 67.2 Å². The van der Waals surface area contributed by atoms with E-state index in [9.17, 15) is 0 Å². The molecule has 9 heteroatoms. The van der Waals surface area contributed by atoms with Gasteiger partial charge in [-0.3, -0.25) is 0 Å². The molecule has 0 N–H and O–H groups in total. The predicted octanol–water partition coefficient (Wildman–Crippen LogP) is 1.68. The van der Waals surface area contributed by atoms with Crippen LogP contribution in [0.4, 0.5) is 16.9 Å². The summed E-state index contributed by atoms with van der Waals surface area (Å²) in [6, 6.07) is 2.09. The minimum absolute atomic E-state index is 0.624. The molecule has 2 aliphatic heterocycles. The molecule has 27 heavy (non-hydrogen) atoms. The molecule has 0 unspecified atom stereocenters. The lowest BCUT2D eigenvalue weighted by molar-refractivity contribution is 0.122. The lowest BCUT2D eigenvalue weighted by Gasteiger charge is -2.35. The maximum Gasteiger partial charge on any atom is 0.227 e. The molecule has 0 atom stereocenters. The van der Waals surface area contributed by atoms with Gasteiger partial charge in [-0.2, -0.15) is 9.36 Å². The van der Waals surface area contributed by atoms with Crippen molar-refractivity contribution in [1.82, 2.24) is 19.3 Å². The Hall–Kier alpha value is -2.00. The normalized spacial score (nSPS) is 21.0. The first-order chi connectivity index (χ1) is 13.3. The Bertz CT molecular complexity index is 795. The van der Waals surface area contributed by atoms with Crippen LogP contribution >= 0.6 is 11.5 Å². The van der Waals surface area contributed by atoms with E-state index in [1.165, 1.54) is 12.8 Å². The minimum Gasteiger partial charge on any atom is -0.378 e. The van der Waals surface area contributed by atoms with Gasteiger partial charge in [-0.05, 0) is 19.8 Å². The summed E-state index contributed by atoms with van der Waals surface area (Å²) in [5.41, 5.74) is 1.02. The van der Waals surface area contributed by atoms with E-state index in [0.717, 1.165) is 80.9 Å². The summed E-state index contributed by atoms with van der Waals surface area (Å²) in [6.07, 6.45) is 2.50. The van der Waals surface area contributed by atoms with E-state index >= 15 is 0 Å². The molecule has 0 bridgehead atoms. The van der Waals surface area contributed by atoms with Crippen molar-refractivity contribution in [3.05, 3.63) is 17.6 Å². The highest BCUT2D eigenvalue weighted by molar-refractivity contribution is 7.09. The summed E-state index contributed by atoms with van der Waals surface area (Å²) in [7, 11) is 0. The van der Waals surface area contributed by atoms with Gasteiger partial charge < -0.3 is 19.4 Å². The molecule has 8 nitrogen and oxygen atoms in total. The van der Waals surface area contributed by atoms with Crippen LogP contribution in [0.25, 0.3) is 0 Å². The number of nitrogens with zero attached hydrogens (tertiary/aromatic N) is 7. The van der Waals surface area contributed by atoms with E-state index in [0.29, 0.717) is 5.92 Å². The van der Waals surface area contributed by atoms with E-state index in [-0.39, 0.29) is 0 Å². The molecule has 0 spiro atoms. The predicted molar refractivity (Wildman–Crippen MR) is 106 cm³/mol. The van der Waals surface area contributed by atoms with Gasteiger partial charge in [0.1, 0.15) is 11.6 Å². The number of hydrogen-bond acceptors (Lipinski definition) is 9. The van der Waals surface area contributed by atoms with Crippen LogP contribution < -0.4 is 14.7 Å². The Morgan fingerprint density at radius 3 is 2.41 bits per heavy atom. The van der Waals surface area contributed by atoms with E-state index in [1.807, 2.05) is 6.92 Å². The Morgan fingerprint density at radius 2 is 1.67 bits per heavy atom. The second-order valence-corrected chi connectivity index (χ2v) is 8.18. The van der Waals surface area contributed by atoms with Crippen molar-refractivity contribution < 1.29 is 4.74 Å². The third-order valence-electron chi connectivity index (χ3n) is 5.37. The van der Waals surface area contributed by atoms with Crippen molar-refractivity contribution in [2.24, 2.45) is 0 Å². The van der Waals surface area contributed by atoms with Gasteiger partial charge in [0.15, 0.2) is 0 Å². The van der Waals surface area contributed by atoms with Gasteiger partial charge in [-0.1, -0.05) is 0 Å². The average molecular weight is 388 g/mol. The Morgan fingerprint density at radius 1 is 0.926 bits per heavy atom. The lowest BCUT2D eigenvalue weighted by Crippen LogP contribution is -2.47. The minimum atomic E-state index is 0.624.